The van der Waals surface area contributed by atoms with Crippen LogP contribution in [0.5, 0.6) is 0 Å². The summed E-state index contributed by atoms with van der Waals surface area (Å²) in [5.41, 5.74) is 7.03. The maximum atomic E-state index is 12.6. The van der Waals surface area contributed by atoms with Crippen molar-refractivity contribution in [2.45, 2.75) is 32.7 Å². The van der Waals surface area contributed by atoms with Gasteiger partial charge in [0, 0.05) is 24.7 Å². The van der Waals surface area contributed by atoms with E-state index in [9.17, 15) is 8.78 Å². The summed E-state index contributed by atoms with van der Waals surface area (Å²) in [7, 11) is 0. The van der Waals surface area contributed by atoms with Crippen molar-refractivity contribution in [2.24, 2.45) is 17.6 Å². The first-order valence-corrected chi connectivity index (χ1v) is 7.35. The zero-order valence-corrected chi connectivity index (χ0v) is 12.2. The summed E-state index contributed by atoms with van der Waals surface area (Å²) < 4.78 is 25.2. The lowest BCUT2D eigenvalue weighted by Gasteiger charge is -2.27. The van der Waals surface area contributed by atoms with Gasteiger partial charge >= 0.3 is 0 Å². The van der Waals surface area contributed by atoms with E-state index in [1.807, 2.05) is 0 Å². The van der Waals surface area contributed by atoms with Gasteiger partial charge in [-0.15, -0.1) is 0 Å². The number of nitrogens with two attached hydrogens (primary N) is 1. The first kappa shape index (κ1) is 15.4. The van der Waals surface area contributed by atoms with Gasteiger partial charge in [0.05, 0.1) is 0 Å². The minimum Gasteiger partial charge on any atom is -0.329 e. The van der Waals surface area contributed by atoms with Crippen molar-refractivity contribution in [1.82, 2.24) is 4.90 Å². The normalized spacial score (nSPS) is 21.9. The van der Waals surface area contributed by atoms with Crippen LogP contribution in [0.2, 0.25) is 0 Å². The Bertz CT molecular complexity index is 417. The van der Waals surface area contributed by atoms with E-state index in [2.05, 4.69) is 18.7 Å². The fourth-order valence-electron chi connectivity index (χ4n) is 3.00. The van der Waals surface area contributed by atoms with Gasteiger partial charge in [-0.1, -0.05) is 38.1 Å². The second kappa shape index (κ2) is 6.64. The van der Waals surface area contributed by atoms with Gasteiger partial charge < -0.3 is 5.73 Å². The Labute approximate surface area is 120 Å². The SMILES string of the molecule is CC(C)C1CCN(C(CN)c2ccc(C(F)F)cc2)C1. The second-order valence-corrected chi connectivity index (χ2v) is 6.01. The molecule has 0 aromatic heterocycles. The molecule has 2 atom stereocenters. The summed E-state index contributed by atoms with van der Waals surface area (Å²) in [5.74, 6) is 1.39. The lowest BCUT2D eigenvalue weighted by Crippen LogP contribution is -2.32. The molecule has 2 nitrogen and oxygen atoms in total. The van der Waals surface area contributed by atoms with Crippen LogP contribution in [0.25, 0.3) is 0 Å². The Morgan fingerprint density at radius 1 is 1.20 bits per heavy atom. The first-order valence-electron chi connectivity index (χ1n) is 7.35. The van der Waals surface area contributed by atoms with E-state index in [0.717, 1.165) is 18.7 Å². The maximum Gasteiger partial charge on any atom is 0.263 e. The molecule has 0 aliphatic carbocycles. The molecule has 0 radical (unpaired) electrons. The molecule has 1 heterocycles. The molecule has 1 saturated heterocycles. The zero-order valence-electron chi connectivity index (χ0n) is 12.2. The number of rotatable bonds is 5. The van der Waals surface area contributed by atoms with Crippen LogP contribution >= 0.6 is 0 Å². The van der Waals surface area contributed by atoms with Gasteiger partial charge in [-0.05, 0) is 30.4 Å². The van der Waals surface area contributed by atoms with Crippen LogP contribution in [0.15, 0.2) is 24.3 Å². The summed E-state index contributed by atoms with van der Waals surface area (Å²) >= 11 is 0. The highest BCUT2D eigenvalue weighted by atomic mass is 19.3. The summed E-state index contributed by atoms with van der Waals surface area (Å²) in [5, 5.41) is 0. The lowest BCUT2D eigenvalue weighted by molar-refractivity contribution is 0.151. The van der Waals surface area contributed by atoms with Crippen LogP contribution in [0.4, 0.5) is 8.78 Å². The van der Waals surface area contributed by atoms with E-state index in [-0.39, 0.29) is 11.6 Å². The minimum atomic E-state index is -2.41. The summed E-state index contributed by atoms with van der Waals surface area (Å²) in [6.45, 7) is 7.13. The van der Waals surface area contributed by atoms with E-state index in [4.69, 9.17) is 5.73 Å². The average molecular weight is 282 g/mol. The highest BCUT2D eigenvalue weighted by Crippen LogP contribution is 2.31. The first-order chi connectivity index (χ1) is 9.52. The highest BCUT2D eigenvalue weighted by molar-refractivity contribution is 5.26. The third-order valence-corrected chi connectivity index (χ3v) is 4.44. The molecule has 2 unspecified atom stereocenters. The monoisotopic (exact) mass is 282 g/mol. The molecule has 1 aromatic carbocycles. The molecule has 1 aliphatic rings. The Balaban J connectivity index is 2.08. The number of halogens is 2. The molecule has 2 rings (SSSR count). The van der Waals surface area contributed by atoms with Gasteiger partial charge in [0.25, 0.3) is 6.43 Å². The van der Waals surface area contributed by atoms with Crippen molar-refractivity contribution in [3.63, 3.8) is 0 Å². The third kappa shape index (κ3) is 3.36. The summed E-state index contributed by atoms with van der Waals surface area (Å²) in [4.78, 5) is 2.39. The fourth-order valence-corrected chi connectivity index (χ4v) is 3.00. The fraction of sp³-hybridized carbons (Fsp3) is 0.625. The second-order valence-electron chi connectivity index (χ2n) is 6.01. The van der Waals surface area contributed by atoms with Crippen LogP contribution in [0.3, 0.4) is 0 Å². The van der Waals surface area contributed by atoms with Crippen molar-refractivity contribution >= 4 is 0 Å². The Kier molecular flexibility index (Phi) is 5.11. The van der Waals surface area contributed by atoms with Gasteiger partial charge in [-0.2, -0.15) is 0 Å². The molecule has 0 bridgehead atoms. The Morgan fingerprint density at radius 2 is 1.80 bits per heavy atom. The predicted molar refractivity (Wildman–Crippen MR) is 77.7 cm³/mol. The maximum absolute atomic E-state index is 12.6. The van der Waals surface area contributed by atoms with Crippen molar-refractivity contribution in [3.05, 3.63) is 35.4 Å². The summed E-state index contributed by atoms with van der Waals surface area (Å²) in [6, 6.07) is 6.76. The molecule has 1 aliphatic heterocycles. The van der Waals surface area contributed by atoms with Gasteiger partial charge in [-0.3, -0.25) is 4.90 Å². The quantitative estimate of drug-likeness (QED) is 0.894. The molecular formula is C16H24F2N2. The molecule has 112 valence electrons. The van der Waals surface area contributed by atoms with E-state index >= 15 is 0 Å². The van der Waals surface area contributed by atoms with Gasteiger partial charge in [0.1, 0.15) is 0 Å². The number of alkyl halides is 2. The topological polar surface area (TPSA) is 29.3 Å². The Morgan fingerprint density at radius 3 is 2.25 bits per heavy atom. The molecule has 0 spiro atoms. The zero-order chi connectivity index (χ0) is 14.7. The third-order valence-electron chi connectivity index (χ3n) is 4.44. The molecule has 1 fully saturated rings. The molecule has 4 heteroatoms. The highest BCUT2D eigenvalue weighted by Gasteiger charge is 2.29. The van der Waals surface area contributed by atoms with E-state index in [1.165, 1.54) is 18.6 Å². The van der Waals surface area contributed by atoms with Crippen LogP contribution in [-0.2, 0) is 0 Å². The average Bonchev–Trinajstić information content (AvgIpc) is 2.90. The number of benzene rings is 1. The van der Waals surface area contributed by atoms with Crippen molar-refractivity contribution in [3.8, 4) is 0 Å². The number of nitrogens with zero attached hydrogens (tertiary/aromatic N) is 1. The van der Waals surface area contributed by atoms with Crippen LogP contribution < -0.4 is 5.73 Å². The van der Waals surface area contributed by atoms with Gasteiger partial charge in [-0.25, -0.2) is 8.78 Å². The molecule has 20 heavy (non-hydrogen) atoms. The number of likely N-dealkylation sites (tertiary alicyclic amines) is 1. The van der Waals surface area contributed by atoms with Gasteiger partial charge in [0.2, 0.25) is 0 Å². The van der Waals surface area contributed by atoms with Crippen LogP contribution in [0, 0.1) is 11.8 Å². The van der Waals surface area contributed by atoms with Crippen molar-refractivity contribution in [1.29, 1.82) is 0 Å². The molecular weight excluding hydrogens is 258 g/mol. The van der Waals surface area contributed by atoms with Crippen molar-refractivity contribution in [2.75, 3.05) is 19.6 Å². The smallest absolute Gasteiger partial charge is 0.263 e. The molecule has 1 aromatic rings. The predicted octanol–water partition coefficient (Wildman–Crippen LogP) is 3.60. The summed E-state index contributed by atoms with van der Waals surface area (Å²) in [6.07, 6.45) is -1.21. The largest absolute Gasteiger partial charge is 0.329 e. The van der Waals surface area contributed by atoms with Gasteiger partial charge in [0.15, 0.2) is 0 Å². The molecule has 0 amide bonds. The van der Waals surface area contributed by atoms with E-state index in [1.54, 1.807) is 12.1 Å². The molecule has 2 N–H and O–H groups in total. The van der Waals surface area contributed by atoms with E-state index in [0.29, 0.717) is 18.4 Å². The minimum absolute atomic E-state index is 0.0750. The standard InChI is InChI=1S/C16H24F2N2/c1-11(2)14-7-8-20(10-14)15(9-19)12-3-5-13(6-4-12)16(17)18/h3-6,11,14-16H,7-10,19H2,1-2H3. The van der Waals surface area contributed by atoms with Crippen LogP contribution in [0.1, 0.15) is 43.9 Å². The number of hydrogen-bond donors (Lipinski definition) is 1. The van der Waals surface area contributed by atoms with Crippen molar-refractivity contribution < 1.29 is 8.78 Å². The van der Waals surface area contributed by atoms with Crippen LogP contribution in [-0.4, -0.2) is 24.5 Å². The Hall–Kier alpha value is -1.00. The molecule has 0 saturated carbocycles. The lowest BCUT2D eigenvalue weighted by atomic mass is 9.95. The number of hydrogen-bond acceptors (Lipinski definition) is 2. The van der Waals surface area contributed by atoms with E-state index < -0.39 is 6.43 Å².